The van der Waals surface area contributed by atoms with Crippen molar-refractivity contribution < 1.29 is 18.7 Å². The number of benzene rings is 2. The van der Waals surface area contributed by atoms with Gasteiger partial charge in [0.2, 0.25) is 0 Å². The molecule has 138 valence electrons. The molecule has 2 aromatic carbocycles. The van der Waals surface area contributed by atoms with Crippen LogP contribution in [0.15, 0.2) is 42.5 Å². The first-order valence-corrected chi connectivity index (χ1v) is 8.45. The Kier molecular flexibility index (Phi) is 5.36. The van der Waals surface area contributed by atoms with E-state index in [0.717, 1.165) is 6.07 Å². The van der Waals surface area contributed by atoms with Crippen LogP contribution in [0.2, 0.25) is 0 Å². The van der Waals surface area contributed by atoms with Crippen molar-refractivity contribution in [2.24, 2.45) is 0 Å². The van der Waals surface area contributed by atoms with E-state index >= 15 is 0 Å². The van der Waals surface area contributed by atoms with Crippen molar-refractivity contribution in [2.45, 2.75) is 0 Å². The number of ether oxygens (including phenoxy) is 1. The van der Waals surface area contributed by atoms with Gasteiger partial charge < -0.3 is 14.5 Å². The maximum atomic E-state index is 13.8. The fourth-order valence-electron chi connectivity index (χ4n) is 3.00. The first kappa shape index (κ1) is 18.4. The van der Waals surface area contributed by atoms with E-state index in [2.05, 4.69) is 0 Å². The minimum Gasteiger partial charge on any atom is -0.494 e. The lowest BCUT2D eigenvalue weighted by molar-refractivity contribution is 0.0535. The quantitative estimate of drug-likeness (QED) is 0.834. The summed E-state index contributed by atoms with van der Waals surface area (Å²) in [5.74, 6) is -0.957. The van der Waals surface area contributed by atoms with Crippen LogP contribution in [0.25, 0.3) is 0 Å². The Morgan fingerprint density at radius 1 is 1.00 bits per heavy atom. The third kappa shape index (κ3) is 3.90. The molecule has 0 N–H and O–H groups in total. The molecule has 1 aliphatic heterocycles. The Morgan fingerprint density at radius 3 is 2.11 bits per heavy atom. The van der Waals surface area contributed by atoms with Crippen LogP contribution in [0, 0.1) is 17.1 Å². The lowest BCUT2D eigenvalue weighted by Gasteiger charge is -2.35. The molecule has 0 aliphatic carbocycles. The topological polar surface area (TPSA) is 73.6 Å². The van der Waals surface area contributed by atoms with Crippen LogP contribution in [0.4, 0.5) is 4.39 Å². The summed E-state index contributed by atoms with van der Waals surface area (Å²) in [5.41, 5.74) is 1.12. The Balaban J connectivity index is 1.64. The van der Waals surface area contributed by atoms with Crippen LogP contribution in [0.1, 0.15) is 26.3 Å². The number of hydrogen-bond acceptors (Lipinski definition) is 4. The summed E-state index contributed by atoms with van der Waals surface area (Å²) in [6.07, 6.45) is 0. The van der Waals surface area contributed by atoms with E-state index in [1.54, 1.807) is 34.1 Å². The second kappa shape index (κ2) is 7.87. The SMILES string of the molecule is COc1ccc(C(=O)N2CCN(C(=O)c3cccc(C#N)c3)CC2)cc1F. The van der Waals surface area contributed by atoms with Gasteiger partial charge in [-0.15, -0.1) is 0 Å². The predicted molar refractivity (Wildman–Crippen MR) is 95.9 cm³/mol. The molecule has 2 aromatic rings. The minimum atomic E-state index is -0.588. The van der Waals surface area contributed by atoms with Gasteiger partial charge in [-0.3, -0.25) is 9.59 Å². The lowest BCUT2D eigenvalue weighted by Crippen LogP contribution is -2.50. The molecule has 6 nitrogen and oxygen atoms in total. The summed E-state index contributed by atoms with van der Waals surface area (Å²) in [5, 5.41) is 8.96. The number of carbonyl (C=O) groups is 2. The molecule has 2 amide bonds. The van der Waals surface area contributed by atoms with Crippen molar-refractivity contribution in [2.75, 3.05) is 33.3 Å². The number of carbonyl (C=O) groups excluding carboxylic acids is 2. The molecule has 0 unspecified atom stereocenters. The molecule has 0 spiro atoms. The molecule has 1 saturated heterocycles. The van der Waals surface area contributed by atoms with Gasteiger partial charge in [-0.25, -0.2) is 4.39 Å². The summed E-state index contributed by atoms with van der Waals surface area (Å²) >= 11 is 0. The highest BCUT2D eigenvalue weighted by Gasteiger charge is 2.26. The zero-order valence-electron chi connectivity index (χ0n) is 14.8. The fraction of sp³-hybridized carbons (Fsp3) is 0.250. The third-order valence-corrected chi connectivity index (χ3v) is 4.49. The van der Waals surface area contributed by atoms with Crippen LogP contribution >= 0.6 is 0 Å². The van der Waals surface area contributed by atoms with Crippen molar-refractivity contribution in [1.82, 2.24) is 9.80 Å². The molecule has 27 heavy (non-hydrogen) atoms. The van der Waals surface area contributed by atoms with Crippen LogP contribution < -0.4 is 4.74 Å². The second-order valence-electron chi connectivity index (χ2n) is 6.13. The largest absolute Gasteiger partial charge is 0.494 e. The number of nitriles is 1. The standard InChI is InChI=1S/C20H18FN3O3/c1-27-18-6-5-16(12-17(18)21)20(26)24-9-7-23(8-10-24)19(25)15-4-2-3-14(11-15)13-22/h2-6,11-12H,7-10H2,1H3. The van der Waals surface area contributed by atoms with Crippen molar-refractivity contribution >= 4 is 11.8 Å². The van der Waals surface area contributed by atoms with E-state index in [-0.39, 0.29) is 23.1 Å². The molecule has 1 heterocycles. The summed E-state index contributed by atoms with van der Waals surface area (Å²) in [7, 11) is 1.36. The van der Waals surface area contributed by atoms with Gasteiger partial charge in [-0.2, -0.15) is 5.26 Å². The molecule has 7 heteroatoms. The number of rotatable bonds is 3. The van der Waals surface area contributed by atoms with Crippen molar-refractivity contribution in [3.63, 3.8) is 0 Å². The van der Waals surface area contributed by atoms with E-state index in [4.69, 9.17) is 10.00 Å². The van der Waals surface area contributed by atoms with Gasteiger partial charge in [0.25, 0.3) is 11.8 Å². The van der Waals surface area contributed by atoms with E-state index < -0.39 is 5.82 Å². The van der Waals surface area contributed by atoms with Gasteiger partial charge in [0.05, 0.1) is 18.7 Å². The monoisotopic (exact) mass is 367 g/mol. The van der Waals surface area contributed by atoms with E-state index in [1.165, 1.54) is 19.2 Å². The summed E-state index contributed by atoms with van der Waals surface area (Å²) in [4.78, 5) is 28.4. The fourth-order valence-corrected chi connectivity index (χ4v) is 3.00. The molecule has 1 aliphatic rings. The third-order valence-electron chi connectivity index (χ3n) is 4.49. The Bertz CT molecular complexity index is 915. The number of halogens is 1. The molecular weight excluding hydrogens is 349 g/mol. The summed E-state index contributed by atoms with van der Waals surface area (Å²) in [6, 6.07) is 12.7. The predicted octanol–water partition coefficient (Wildman–Crippen LogP) is 2.30. The first-order valence-electron chi connectivity index (χ1n) is 8.45. The maximum absolute atomic E-state index is 13.8. The molecule has 0 aromatic heterocycles. The van der Waals surface area contributed by atoms with Gasteiger partial charge in [-0.05, 0) is 36.4 Å². The number of hydrogen-bond donors (Lipinski definition) is 0. The molecular formula is C20H18FN3O3. The van der Waals surface area contributed by atoms with Gasteiger partial charge in [0, 0.05) is 37.3 Å². The number of nitrogens with zero attached hydrogens (tertiary/aromatic N) is 3. The van der Waals surface area contributed by atoms with Crippen LogP contribution in [-0.2, 0) is 0 Å². The Labute approximate surface area is 156 Å². The van der Waals surface area contributed by atoms with Gasteiger partial charge in [-0.1, -0.05) is 6.07 Å². The normalized spacial score (nSPS) is 13.8. The average Bonchev–Trinajstić information content (AvgIpc) is 2.72. The van der Waals surface area contributed by atoms with Crippen LogP contribution in [0.5, 0.6) is 5.75 Å². The zero-order valence-corrected chi connectivity index (χ0v) is 14.8. The summed E-state index contributed by atoms with van der Waals surface area (Å²) < 4.78 is 18.7. The Hall–Kier alpha value is -3.40. The highest BCUT2D eigenvalue weighted by Crippen LogP contribution is 2.19. The maximum Gasteiger partial charge on any atom is 0.254 e. The minimum absolute atomic E-state index is 0.0848. The van der Waals surface area contributed by atoms with Crippen molar-refractivity contribution in [3.8, 4) is 11.8 Å². The lowest BCUT2D eigenvalue weighted by atomic mass is 10.1. The van der Waals surface area contributed by atoms with Crippen molar-refractivity contribution in [3.05, 3.63) is 65.0 Å². The number of amides is 2. The van der Waals surface area contributed by atoms with Gasteiger partial charge in [0.15, 0.2) is 11.6 Å². The second-order valence-corrected chi connectivity index (χ2v) is 6.13. The van der Waals surface area contributed by atoms with Crippen LogP contribution in [-0.4, -0.2) is 54.9 Å². The van der Waals surface area contributed by atoms with E-state index in [0.29, 0.717) is 37.3 Å². The molecule has 0 bridgehead atoms. The van der Waals surface area contributed by atoms with Crippen molar-refractivity contribution in [1.29, 1.82) is 5.26 Å². The van der Waals surface area contributed by atoms with E-state index in [1.807, 2.05) is 6.07 Å². The van der Waals surface area contributed by atoms with E-state index in [9.17, 15) is 14.0 Å². The highest BCUT2D eigenvalue weighted by molar-refractivity contribution is 5.96. The van der Waals surface area contributed by atoms with Gasteiger partial charge >= 0.3 is 0 Å². The molecule has 0 atom stereocenters. The number of methoxy groups -OCH3 is 1. The smallest absolute Gasteiger partial charge is 0.254 e. The number of piperazine rings is 1. The average molecular weight is 367 g/mol. The molecule has 1 fully saturated rings. The molecule has 3 rings (SSSR count). The molecule has 0 radical (unpaired) electrons. The molecule has 0 saturated carbocycles. The van der Waals surface area contributed by atoms with Crippen LogP contribution in [0.3, 0.4) is 0 Å². The summed E-state index contributed by atoms with van der Waals surface area (Å²) in [6.45, 7) is 1.46. The Morgan fingerprint density at radius 2 is 1.59 bits per heavy atom. The highest BCUT2D eigenvalue weighted by atomic mass is 19.1. The zero-order chi connectivity index (χ0) is 19.4. The first-order chi connectivity index (χ1) is 13.0. The van der Waals surface area contributed by atoms with Gasteiger partial charge in [0.1, 0.15) is 0 Å².